The number of nitrogens with zero attached hydrogens (tertiary/aromatic N) is 1. The van der Waals surface area contributed by atoms with E-state index in [0.717, 1.165) is 31.6 Å². The van der Waals surface area contributed by atoms with Gasteiger partial charge in [0.05, 0.1) is 0 Å². The predicted octanol–water partition coefficient (Wildman–Crippen LogP) is 3.74. The average molecular weight is 280 g/mol. The summed E-state index contributed by atoms with van der Waals surface area (Å²) in [7, 11) is 0. The van der Waals surface area contributed by atoms with Gasteiger partial charge in [0.2, 0.25) is 0 Å². The minimum Gasteiger partial charge on any atom is -0.315 e. The highest BCUT2D eigenvalue weighted by Crippen LogP contribution is 2.31. The Hall–Kier alpha value is -0.380. The quantitative estimate of drug-likeness (QED) is 0.741. The van der Waals surface area contributed by atoms with Crippen molar-refractivity contribution in [3.05, 3.63) is 22.4 Å². The second-order valence-corrected chi connectivity index (χ2v) is 6.93. The summed E-state index contributed by atoms with van der Waals surface area (Å²) in [6.45, 7) is 10.3. The van der Waals surface area contributed by atoms with Crippen molar-refractivity contribution in [2.24, 2.45) is 5.92 Å². The van der Waals surface area contributed by atoms with E-state index in [1.807, 2.05) is 11.3 Å². The lowest BCUT2D eigenvalue weighted by molar-refractivity contribution is 0.167. The van der Waals surface area contributed by atoms with Crippen LogP contribution in [-0.2, 0) is 6.54 Å². The van der Waals surface area contributed by atoms with Crippen molar-refractivity contribution in [3.63, 3.8) is 0 Å². The summed E-state index contributed by atoms with van der Waals surface area (Å²) in [6.07, 6.45) is 4.03. The van der Waals surface area contributed by atoms with Gasteiger partial charge in [-0.2, -0.15) is 11.3 Å². The van der Waals surface area contributed by atoms with E-state index in [2.05, 4.69) is 47.8 Å². The highest BCUT2D eigenvalue weighted by molar-refractivity contribution is 7.07. The molecule has 0 aromatic carbocycles. The minimum atomic E-state index is 0.686. The Morgan fingerprint density at radius 1 is 1.37 bits per heavy atom. The van der Waals surface area contributed by atoms with Crippen molar-refractivity contribution < 1.29 is 0 Å². The normalized spacial score (nSPS) is 17.3. The molecule has 1 aromatic rings. The molecule has 2 rings (SSSR count). The van der Waals surface area contributed by atoms with Crippen LogP contribution < -0.4 is 5.32 Å². The fourth-order valence-corrected chi connectivity index (χ4v) is 3.25. The van der Waals surface area contributed by atoms with E-state index in [1.54, 1.807) is 0 Å². The first-order chi connectivity index (χ1) is 9.20. The fourth-order valence-electron chi connectivity index (χ4n) is 2.59. The zero-order valence-corrected chi connectivity index (χ0v) is 13.4. The first kappa shape index (κ1) is 15.0. The van der Waals surface area contributed by atoms with Crippen molar-refractivity contribution in [3.8, 4) is 0 Å². The molecule has 2 nitrogen and oxygen atoms in total. The van der Waals surface area contributed by atoms with E-state index in [9.17, 15) is 0 Å². The molecule has 1 unspecified atom stereocenters. The molecule has 1 aliphatic rings. The molecule has 1 atom stereocenters. The van der Waals surface area contributed by atoms with E-state index in [-0.39, 0.29) is 0 Å². The lowest BCUT2D eigenvalue weighted by Crippen LogP contribution is -2.43. The second kappa shape index (κ2) is 7.41. The van der Waals surface area contributed by atoms with Gasteiger partial charge in [0, 0.05) is 25.2 Å². The number of hydrogen-bond donors (Lipinski definition) is 1. The largest absolute Gasteiger partial charge is 0.315 e. The molecule has 108 valence electrons. The molecule has 0 spiro atoms. The molecule has 1 heterocycles. The number of thiophene rings is 1. The van der Waals surface area contributed by atoms with Crippen LogP contribution in [0.2, 0.25) is 0 Å². The zero-order valence-electron chi connectivity index (χ0n) is 12.6. The molecular weight excluding hydrogens is 252 g/mol. The minimum absolute atomic E-state index is 0.686. The molecule has 19 heavy (non-hydrogen) atoms. The molecule has 0 saturated heterocycles. The van der Waals surface area contributed by atoms with Crippen molar-refractivity contribution in [2.75, 3.05) is 13.1 Å². The van der Waals surface area contributed by atoms with Gasteiger partial charge in [-0.25, -0.2) is 0 Å². The summed E-state index contributed by atoms with van der Waals surface area (Å²) < 4.78 is 0. The van der Waals surface area contributed by atoms with Gasteiger partial charge in [-0.15, -0.1) is 0 Å². The maximum absolute atomic E-state index is 3.64. The van der Waals surface area contributed by atoms with Crippen LogP contribution in [0, 0.1) is 5.92 Å². The lowest BCUT2D eigenvalue weighted by Gasteiger charge is -2.31. The Morgan fingerprint density at radius 2 is 2.16 bits per heavy atom. The fraction of sp³-hybridized carbons (Fsp3) is 0.750. The van der Waals surface area contributed by atoms with Crippen molar-refractivity contribution in [1.82, 2.24) is 10.2 Å². The van der Waals surface area contributed by atoms with Gasteiger partial charge in [0.25, 0.3) is 0 Å². The van der Waals surface area contributed by atoms with Gasteiger partial charge in [-0.3, -0.25) is 4.90 Å². The molecule has 1 aromatic heterocycles. The van der Waals surface area contributed by atoms with Crippen molar-refractivity contribution >= 4 is 11.3 Å². The predicted molar refractivity (Wildman–Crippen MR) is 84.7 cm³/mol. The maximum Gasteiger partial charge on any atom is 0.0248 e. The van der Waals surface area contributed by atoms with Gasteiger partial charge in [-0.1, -0.05) is 20.8 Å². The van der Waals surface area contributed by atoms with Gasteiger partial charge >= 0.3 is 0 Å². The SMILES string of the molecule is CCC(CNCC(C)C)N(Cc1ccsc1)C1CC1. The number of hydrogen-bond acceptors (Lipinski definition) is 3. The topological polar surface area (TPSA) is 15.3 Å². The third-order valence-electron chi connectivity index (χ3n) is 3.83. The van der Waals surface area contributed by atoms with E-state index in [0.29, 0.717) is 6.04 Å². The van der Waals surface area contributed by atoms with Gasteiger partial charge in [-0.05, 0) is 54.1 Å². The number of rotatable bonds is 9. The smallest absolute Gasteiger partial charge is 0.0248 e. The summed E-state index contributed by atoms with van der Waals surface area (Å²) in [5, 5.41) is 8.13. The van der Waals surface area contributed by atoms with Crippen LogP contribution in [0.4, 0.5) is 0 Å². The van der Waals surface area contributed by atoms with E-state index in [4.69, 9.17) is 0 Å². The summed E-state index contributed by atoms with van der Waals surface area (Å²) in [5.74, 6) is 0.740. The standard InChI is InChI=1S/C16H28N2S/c1-4-15(10-17-9-13(2)3)18(16-5-6-16)11-14-7-8-19-12-14/h7-8,12-13,15-17H,4-6,9-11H2,1-3H3. The van der Waals surface area contributed by atoms with Gasteiger partial charge in [0.1, 0.15) is 0 Å². The van der Waals surface area contributed by atoms with Crippen LogP contribution in [0.3, 0.4) is 0 Å². The molecule has 1 saturated carbocycles. The molecular formula is C16H28N2S. The van der Waals surface area contributed by atoms with Crippen molar-refractivity contribution in [1.29, 1.82) is 0 Å². The van der Waals surface area contributed by atoms with Crippen LogP contribution >= 0.6 is 11.3 Å². The third kappa shape index (κ3) is 4.90. The summed E-state index contributed by atoms with van der Waals surface area (Å²) in [6, 6.07) is 3.80. The van der Waals surface area contributed by atoms with Crippen LogP contribution in [0.5, 0.6) is 0 Å². The van der Waals surface area contributed by atoms with Crippen molar-refractivity contribution in [2.45, 2.75) is 58.7 Å². The third-order valence-corrected chi connectivity index (χ3v) is 4.57. The molecule has 1 aliphatic carbocycles. The first-order valence-corrected chi connectivity index (χ1v) is 8.62. The average Bonchev–Trinajstić information content (AvgIpc) is 3.10. The van der Waals surface area contributed by atoms with E-state index >= 15 is 0 Å². The van der Waals surface area contributed by atoms with Crippen LogP contribution in [0.1, 0.15) is 45.6 Å². The monoisotopic (exact) mass is 280 g/mol. The molecule has 0 bridgehead atoms. The highest BCUT2D eigenvalue weighted by atomic mass is 32.1. The zero-order chi connectivity index (χ0) is 13.7. The maximum atomic E-state index is 3.64. The summed E-state index contributed by atoms with van der Waals surface area (Å²) >= 11 is 1.81. The highest BCUT2D eigenvalue weighted by Gasteiger charge is 2.33. The Balaban J connectivity index is 1.88. The Labute approximate surface area is 122 Å². The molecule has 0 radical (unpaired) electrons. The van der Waals surface area contributed by atoms with Crippen LogP contribution in [0.15, 0.2) is 16.8 Å². The summed E-state index contributed by atoms with van der Waals surface area (Å²) in [4.78, 5) is 2.73. The van der Waals surface area contributed by atoms with Crippen LogP contribution in [0.25, 0.3) is 0 Å². The molecule has 3 heteroatoms. The Bertz CT molecular complexity index is 344. The first-order valence-electron chi connectivity index (χ1n) is 7.68. The number of nitrogens with one attached hydrogen (secondary N) is 1. The van der Waals surface area contributed by atoms with Gasteiger partial charge < -0.3 is 5.32 Å². The van der Waals surface area contributed by atoms with E-state index in [1.165, 1.54) is 24.8 Å². The Kier molecular flexibility index (Phi) is 5.86. The lowest BCUT2D eigenvalue weighted by atomic mass is 10.1. The van der Waals surface area contributed by atoms with E-state index < -0.39 is 0 Å². The Morgan fingerprint density at radius 3 is 2.68 bits per heavy atom. The van der Waals surface area contributed by atoms with Gasteiger partial charge in [0.15, 0.2) is 0 Å². The molecule has 1 N–H and O–H groups in total. The second-order valence-electron chi connectivity index (χ2n) is 6.15. The summed E-state index contributed by atoms with van der Waals surface area (Å²) in [5.41, 5.74) is 1.49. The molecule has 0 aliphatic heterocycles. The molecule has 1 fully saturated rings. The molecule has 0 amide bonds. The van der Waals surface area contributed by atoms with Crippen LogP contribution in [-0.4, -0.2) is 30.1 Å².